The van der Waals surface area contributed by atoms with Crippen LogP contribution < -0.4 is 45.0 Å². The normalized spacial score (nSPS) is 20.3. The lowest BCUT2D eigenvalue weighted by molar-refractivity contribution is -0.162. The minimum Gasteiger partial charge on any atom is -0.489 e. The van der Waals surface area contributed by atoms with E-state index >= 15 is 0 Å². The number of ether oxygens (including phenoxy) is 5. The number of alkyl halides is 5. The third kappa shape index (κ3) is 25.3. The SMILES string of the molecule is COc1ccc([C@@H]2C[C@H]2C(=O)Nc2ccnc(-c3ccc(O[C@H]4CCN(C(=O)CO)CC4(F)F)c(C#N)c3)c2)cn1.C[C@H]1C[C@@H](Oc2ccc(-c3cc(NC(=O)C4CC4)ccn3)cc2C#N)CCN1C(=O)CO.N#Cc1cc(-c2cc(NC(=O)C3CC3)ccn2)ccc1OC1CCN(C(=O)CO)CC1(F)F.N#Cc1cc(-c2cc(NC(=O)C3CC3)ccn2)ccc1O[C@@H]1CCN(C(=O)CO)C[C@H]1F. The van der Waals surface area contributed by atoms with Crippen LogP contribution in [0.4, 0.5) is 44.7 Å². The van der Waals surface area contributed by atoms with Gasteiger partial charge in [-0.1, -0.05) is 6.07 Å². The first-order chi connectivity index (χ1) is 66.5. The molecule has 8 fully saturated rings. The van der Waals surface area contributed by atoms with Crippen molar-refractivity contribution in [3.8, 4) is 98.2 Å². The Hall–Kier alpha value is -15.2. The summed E-state index contributed by atoms with van der Waals surface area (Å²) in [5.41, 5.74) is 8.88. The van der Waals surface area contributed by atoms with E-state index < -0.39 is 93.6 Å². The fourth-order valence-corrected chi connectivity index (χ4v) is 16.2. The van der Waals surface area contributed by atoms with Crippen molar-refractivity contribution in [3.63, 3.8) is 0 Å². The predicted octanol–water partition coefficient (Wildman–Crippen LogP) is 10.9. The van der Waals surface area contributed by atoms with Crippen molar-refractivity contribution < 1.29 is 104 Å². The number of amides is 8. The van der Waals surface area contributed by atoms with E-state index in [1.54, 1.807) is 128 Å². The lowest BCUT2D eigenvalue weighted by Crippen LogP contribution is -2.55. The average molecular weight is 1890 g/mol. The maximum absolute atomic E-state index is 14.7. The zero-order valence-electron chi connectivity index (χ0n) is 75.0. The molecule has 0 spiro atoms. The number of carbonyl (C=O) groups excluding carboxylic acids is 8. The quantitative estimate of drug-likeness (QED) is 0.0233. The second kappa shape index (κ2) is 44.5. The van der Waals surface area contributed by atoms with Crippen LogP contribution in [-0.2, 0) is 38.4 Å². The van der Waals surface area contributed by atoms with Crippen molar-refractivity contribution in [1.29, 1.82) is 21.0 Å². The fourth-order valence-electron chi connectivity index (χ4n) is 16.2. The number of halogens is 5. The molecule has 5 aromatic heterocycles. The van der Waals surface area contributed by atoms with Gasteiger partial charge in [-0.2, -0.15) is 21.0 Å². The van der Waals surface area contributed by atoms with Crippen LogP contribution in [0.15, 0.2) is 164 Å². The number of nitriles is 4. The van der Waals surface area contributed by atoms with Gasteiger partial charge in [0.15, 0.2) is 18.4 Å². The molecule has 4 saturated carbocycles. The minimum absolute atomic E-state index is 0.000637. The van der Waals surface area contributed by atoms with E-state index in [-0.39, 0.29) is 151 Å². The summed E-state index contributed by atoms with van der Waals surface area (Å²) in [7, 11) is 1.54. The molecule has 138 heavy (non-hydrogen) atoms. The summed E-state index contributed by atoms with van der Waals surface area (Å²) in [5.74, 6) is -7.79. The first-order valence-corrected chi connectivity index (χ1v) is 44.9. The Bertz CT molecular complexity index is 6200. The molecule has 4 aliphatic heterocycles. The fraction of sp³-hybridized carbons (Fsp3) is 0.384. The molecular formula is C99H98F5N17O17. The second-order valence-corrected chi connectivity index (χ2v) is 34.4. The molecule has 39 heteroatoms. The molecule has 34 nitrogen and oxygen atoms in total. The van der Waals surface area contributed by atoms with Crippen molar-refractivity contribution in [3.05, 3.63) is 192 Å². The Morgan fingerprint density at radius 1 is 0.428 bits per heavy atom. The number of aromatic nitrogens is 5. The molecular weight excluding hydrogens is 1790 g/mol. The molecule has 1 unspecified atom stereocenters. The highest BCUT2D eigenvalue weighted by atomic mass is 19.3. The van der Waals surface area contributed by atoms with E-state index in [1.165, 1.54) is 41.6 Å². The summed E-state index contributed by atoms with van der Waals surface area (Å²) < 4.78 is 101. The number of nitrogens with one attached hydrogen (secondary N) is 4. The topological polar surface area (TPSA) is 484 Å². The van der Waals surface area contributed by atoms with E-state index in [0.717, 1.165) is 59.5 Å². The lowest BCUT2D eigenvalue weighted by atomic mass is 10.00. The number of pyridine rings is 5. The molecule has 0 bridgehead atoms. The van der Waals surface area contributed by atoms with E-state index in [0.29, 0.717) is 105 Å². The van der Waals surface area contributed by atoms with Gasteiger partial charge in [0.25, 0.3) is 0 Å². The number of aliphatic hydroxyl groups is 4. The number of anilines is 4. The molecule has 0 radical (unpaired) electrons. The minimum atomic E-state index is -3.37. The molecule has 4 aliphatic carbocycles. The number of aliphatic hydroxyl groups excluding tert-OH is 4. The van der Waals surface area contributed by atoms with E-state index in [9.17, 15) is 81.4 Å². The van der Waals surface area contributed by atoms with Gasteiger partial charge in [0.05, 0.1) is 71.8 Å². The summed E-state index contributed by atoms with van der Waals surface area (Å²) in [6.45, 7) is -1.99. The first-order valence-electron chi connectivity index (χ1n) is 44.9. The maximum Gasteiger partial charge on any atom is 0.301 e. The molecule has 8 atom stereocenters. The third-order valence-corrected chi connectivity index (χ3v) is 24.5. The average Bonchev–Trinajstić information content (AvgIpc) is 1.54. The van der Waals surface area contributed by atoms with Gasteiger partial charge in [0.2, 0.25) is 53.1 Å². The number of hydrogen-bond donors (Lipinski definition) is 8. The zero-order chi connectivity index (χ0) is 98.1. The molecule has 8 aliphatic rings. The van der Waals surface area contributed by atoms with Gasteiger partial charge in [0.1, 0.15) is 85.9 Å². The van der Waals surface area contributed by atoms with Gasteiger partial charge in [-0.3, -0.25) is 58.3 Å². The van der Waals surface area contributed by atoms with Gasteiger partial charge in [0, 0.05) is 170 Å². The van der Waals surface area contributed by atoms with Crippen molar-refractivity contribution >= 4 is 70.0 Å². The Labute approximate surface area is 789 Å². The van der Waals surface area contributed by atoms with E-state index in [1.807, 2.05) is 31.2 Å². The Morgan fingerprint density at radius 2 is 0.797 bits per heavy atom. The van der Waals surface area contributed by atoms with Gasteiger partial charge in [-0.25, -0.2) is 26.9 Å². The molecule has 4 saturated heterocycles. The maximum atomic E-state index is 14.7. The Kier molecular flexibility index (Phi) is 31.9. The Balaban J connectivity index is 0.000000148. The number of piperidine rings is 4. The highest BCUT2D eigenvalue weighted by molar-refractivity contribution is 5.97. The second-order valence-electron chi connectivity index (χ2n) is 34.4. The van der Waals surface area contributed by atoms with Crippen molar-refractivity contribution in [2.45, 2.75) is 138 Å². The van der Waals surface area contributed by atoms with Crippen LogP contribution in [0.3, 0.4) is 0 Å². The van der Waals surface area contributed by atoms with Crippen molar-refractivity contribution in [2.24, 2.45) is 23.7 Å². The monoisotopic (exact) mass is 1890 g/mol. The van der Waals surface area contributed by atoms with E-state index in [4.69, 9.17) is 44.1 Å². The van der Waals surface area contributed by atoms with Gasteiger partial charge in [-0.15, -0.1) is 0 Å². The van der Waals surface area contributed by atoms with Crippen molar-refractivity contribution in [2.75, 3.05) is 101 Å². The smallest absolute Gasteiger partial charge is 0.301 e. The third-order valence-electron chi connectivity index (χ3n) is 24.5. The van der Waals surface area contributed by atoms with Gasteiger partial charge < -0.3 is 85.0 Å². The summed E-state index contributed by atoms with van der Waals surface area (Å²) in [4.78, 5) is 122. The van der Waals surface area contributed by atoms with Crippen LogP contribution >= 0.6 is 0 Å². The summed E-state index contributed by atoms with van der Waals surface area (Å²) in [6.07, 6.45) is 9.97. The van der Waals surface area contributed by atoms with Crippen LogP contribution in [0, 0.1) is 69.0 Å². The number of likely N-dealkylation sites (tertiary alicyclic amines) is 4. The molecule has 8 amide bonds. The summed E-state index contributed by atoms with van der Waals surface area (Å²) in [5, 5.41) is 86.0. The zero-order valence-corrected chi connectivity index (χ0v) is 75.0. The predicted molar refractivity (Wildman–Crippen MR) is 487 cm³/mol. The summed E-state index contributed by atoms with van der Waals surface area (Å²) in [6, 6.07) is 44.8. The number of rotatable bonds is 26. The number of carbonyl (C=O) groups is 8. The molecule has 716 valence electrons. The highest BCUT2D eigenvalue weighted by Gasteiger charge is 2.50. The first kappa shape index (κ1) is 98.8. The molecule has 4 aromatic carbocycles. The molecule has 8 N–H and O–H groups in total. The van der Waals surface area contributed by atoms with Crippen LogP contribution in [0.5, 0.6) is 28.9 Å². The molecule has 9 heterocycles. The Morgan fingerprint density at radius 3 is 1.14 bits per heavy atom. The van der Waals surface area contributed by atoms with Crippen molar-refractivity contribution in [1.82, 2.24) is 44.5 Å². The van der Waals surface area contributed by atoms with E-state index in [2.05, 4.69) is 58.3 Å². The van der Waals surface area contributed by atoms with Gasteiger partial charge in [-0.05, 0) is 185 Å². The van der Waals surface area contributed by atoms with Crippen LogP contribution in [0.1, 0.15) is 118 Å². The van der Waals surface area contributed by atoms with Gasteiger partial charge >= 0.3 is 11.8 Å². The van der Waals surface area contributed by atoms with Crippen LogP contribution in [0.25, 0.3) is 45.0 Å². The number of nitrogens with zero attached hydrogens (tertiary/aromatic N) is 13. The standard InChI is InChI=1S/C29H27F2N5O5.C24H26N4O4.C23H22F2N4O4.C23H23FN4O4/c1-40-26-5-3-18(14-34-26)21-12-22(21)28(39)35-20-6-8-33-23(11-20)17-2-4-24(19(10-17)13-32)41-25-7-9-36(27(38)15-37)16-29(25,30)31;1-15-10-20(7-9-28(15)23(30)14-29)32-22-5-4-17(11-18(22)13-25)21-12-19(6-8-26-21)27-24(31)16-2-3-16;24-23(25)13-29(21(31)12-30)8-6-20(23)33-19-4-3-15(9-16(19)11-26)18-10-17(5-7-27-18)28-22(32)14-1-2-14;24-18-12-28(22(30)13-29)8-6-21(18)32-20-4-3-15(9-16(20)11-25)19-10-17(5-7-26-19)27-23(31)14-1-2-14/h2-6,8,10-11,14,21-22,25,37H,7,9,12,15-16H2,1H3,(H,33,35,39);4-6,8,11-12,15-16,20,29H,2-3,7,9-10,14H2,1H3,(H,26,27,31);3-5,7,9-10,14,20,30H,1-2,6,8,12-13H2,(H,27,28,32);3-5,7,9-10,14,18,21,29H,1-2,6,8,12-13H2,(H,26,27,31)/t21-,22+,25-;15-,20-;;18-,21-/m00.1/s1. The largest absolute Gasteiger partial charge is 0.489 e. The summed E-state index contributed by atoms with van der Waals surface area (Å²) >= 11 is 0. The highest BCUT2D eigenvalue weighted by Crippen LogP contribution is 2.49. The number of methoxy groups -OCH3 is 1. The molecule has 17 rings (SSSR count). The lowest BCUT2D eigenvalue weighted by Gasteiger charge is -2.38. The van der Waals surface area contributed by atoms with Crippen LogP contribution in [-0.4, -0.2) is 240 Å². The van der Waals surface area contributed by atoms with Crippen LogP contribution in [0.2, 0.25) is 0 Å². The number of hydrogen-bond acceptors (Lipinski definition) is 26. The number of benzene rings is 4. The molecule has 9 aromatic rings.